The first-order chi connectivity index (χ1) is 8.29. The zero-order valence-corrected chi connectivity index (χ0v) is 12.9. The van der Waals surface area contributed by atoms with Crippen molar-refractivity contribution in [3.8, 4) is 0 Å². The van der Waals surface area contributed by atoms with Crippen molar-refractivity contribution in [2.75, 3.05) is 19.6 Å². The standard InChI is InChI=1S/C16H32N2/c1-14(2)10-15(3,4)12-16(11-14,13-17)18-8-6-5-7-9-18/h5-13,17H2,1-4H3. The van der Waals surface area contributed by atoms with E-state index in [2.05, 4.69) is 32.6 Å². The molecule has 2 N–H and O–H groups in total. The topological polar surface area (TPSA) is 29.3 Å². The van der Waals surface area contributed by atoms with E-state index in [-0.39, 0.29) is 5.54 Å². The minimum Gasteiger partial charge on any atom is -0.329 e. The molecular formula is C16H32N2. The molecule has 0 spiro atoms. The van der Waals surface area contributed by atoms with Gasteiger partial charge in [0.05, 0.1) is 0 Å². The molecule has 1 aliphatic heterocycles. The summed E-state index contributed by atoms with van der Waals surface area (Å²) >= 11 is 0. The van der Waals surface area contributed by atoms with Crippen LogP contribution < -0.4 is 5.73 Å². The van der Waals surface area contributed by atoms with E-state index in [0.717, 1.165) is 6.54 Å². The second-order valence-corrected chi connectivity index (χ2v) is 8.33. The Kier molecular flexibility index (Phi) is 3.81. The average Bonchev–Trinajstić information content (AvgIpc) is 2.26. The third-order valence-corrected chi connectivity index (χ3v) is 4.98. The molecule has 2 rings (SSSR count). The molecule has 0 atom stereocenters. The molecule has 0 amide bonds. The van der Waals surface area contributed by atoms with Crippen LogP contribution in [0.5, 0.6) is 0 Å². The quantitative estimate of drug-likeness (QED) is 0.816. The highest BCUT2D eigenvalue weighted by molar-refractivity contribution is 5.04. The van der Waals surface area contributed by atoms with Gasteiger partial charge in [0.15, 0.2) is 0 Å². The SMILES string of the molecule is CC1(C)CC(C)(C)CC(CN)(N2CCCCC2)C1. The number of rotatable bonds is 2. The smallest absolute Gasteiger partial charge is 0.0341 e. The molecule has 0 aromatic carbocycles. The van der Waals surface area contributed by atoms with Crippen LogP contribution in [0.1, 0.15) is 66.2 Å². The lowest BCUT2D eigenvalue weighted by molar-refractivity contribution is -0.0508. The van der Waals surface area contributed by atoms with Crippen LogP contribution in [0.15, 0.2) is 0 Å². The normalized spacial score (nSPS) is 31.2. The first kappa shape index (κ1) is 14.3. The van der Waals surface area contributed by atoms with Crippen LogP contribution in [-0.2, 0) is 0 Å². The second-order valence-electron chi connectivity index (χ2n) is 8.33. The summed E-state index contributed by atoms with van der Waals surface area (Å²) in [5.41, 5.74) is 7.40. The van der Waals surface area contributed by atoms with Crippen LogP contribution in [0.3, 0.4) is 0 Å². The number of piperidine rings is 1. The van der Waals surface area contributed by atoms with Crippen LogP contribution in [0.2, 0.25) is 0 Å². The Morgan fingerprint density at radius 3 is 1.78 bits per heavy atom. The molecule has 2 aliphatic rings. The molecule has 1 saturated heterocycles. The summed E-state index contributed by atoms with van der Waals surface area (Å²) in [6, 6.07) is 0. The summed E-state index contributed by atoms with van der Waals surface area (Å²) in [5.74, 6) is 0. The molecule has 0 aromatic heterocycles. The molecule has 106 valence electrons. The first-order valence-electron chi connectivity index (χ1n) is 7.74. The zero-order valence-electron chi connectivity index (χ0n) is 12.9. The Bertz CT molecular complexity index is 271. The van der Waals surface area contributed by atoms with Gasteiger partial charge in [-0.1, -0.05) is 34.1 Å². The Balaban J connectivity index is 2.24. The number of hydrogen-bond acceptors (Lipinski definition) is 2. The molecule has 18 heavy (non-hydrogen) atoms. The molecule has 1 aliphatic carbocycles. The van der Waals surface area contributed by atoms with Gasteiger partial charge in [-0.2, -0.15) is 0 Å². The predicted octanol–water partition coefficient (Wildman–Crippen LogP) is 3.41. The molecule has 0 bridgehead atoms. The van der Waals surface area contributed by atoms with E-state index in [1.165, 1.54) is 51.6 Å². The lowest BCUT2D eigenvalue weighted by Gasteiger charge is -2.57. The van der Waals surface area contributed by atoms with E-state index in [1.807, 2.05) is 0 Å². The third-order valence-electron chi connectivity index (χ3n) is 4.98. The highest BCUT2D eigenvalue weighted by Gasteiger charge is 2.49. The van der Waals surface area contributed by atoms with Crippen LogP contribution in [-0.4, -0.2) is 30.1 Å². The van der Waals surface area contributed by atoms with E-state index in [4.69, 9.17) is 5.73 Å². The van der Waals surface area contributed by atoms with E-state index in [9.17, 15) is 0 Å². The summed E-state index contributed by atoms with van der Waals surface area (Å²) in [6.07, 6.45) is 8.02. The Morgan fingerprint density at radius 2 is 1.33 bits per heavy atom. The van der Waals surface area contributed by atoms with Crippen LogP contribution >= 0.6 is 0 Å². The maximum Gasteiger partial charge on any atom is 0.0341 e. The summed E-state index contributed by atoms with van der Waals surface area (Å²) < 4.78 is 0. The third kappa shape index (κ3) is 2.91. The van der Waals surface area contributed by atoms with Crippen molar-refractivity contribution in [3.63, 3.8) is 0 Å². The van der Waals surface area contributed by atoms with Gasteiger partial charge >= 0.3 is 0 Å². The van der Waals surface area contributed by atoms with E-state index in [1.54, 1.807) is 0 Å². The highest BCUT2D eigenvalue weighted by atomic mass is 15.2. The molecule has 0 unspecified atom stereocenters. The maximum atomic E-state index is 6.27. The van der Waals surface area contributed by atoms with Gasteiger partial charge in [-0.15, -0.1) is 0 Å². The number of likely N-dealkylation sites (tertiary alicyclic amines) is 1. The Morgan fingerprint density at radius 1 is 0.833 bits per heavy atom. The number of hydrogen-bond donors (Lipinski definition) is 1. The predicted molar refractivity (Wildman–Crippen MR) is 78.6 cm³/mol. The Hall–Kier alpha value is -0.0800. The Labute approximate surface area is 113 Å². The fourth-order valence-corrected chi connectivity index (χ4v) is 5.13. The van der Waals surface area contributed by atoms with Crippen LogP contribution in [0.25, 0.3) is 0 Å². The summed E-state index contributed by atoms with van der Waals surface area (Å²) in [7, 11) is 0. The van der Waals surface area contributed by atoms with Gasteiger partial charge < -0.3 is 5.73 Å². The van der Waals surface area contributed by atoms with Crippen molar-refractivity contribution in [3.05, 3.63) is 0 Å². The number of nitrogens with two attached hydrogens (primary N) is 1. The van der Waals surface area contributed by atoms with Gasteiger partial charge in [-0.25, -0.2) is 0 Å². The van der Waals surface area contributed by atoms with Gasteiger partial charge in [-0.05, 0) is 56.0 Å². The lowest BCUT2D eigenvalue weighted by atomic mass is 9.57. The molecule has 2 nitrogen and oxygen atoms in total. The second kappa shape index (κ2) is 4.79. The minimum absolute atomic E-state index is 0.270. The van der Waals surface area contributed by atoms with Crippen molar-refractivity contribution >= 4 is 0 Å². The van der Waals surface area contributed by atoms with Crippen molar-refractivity contribution in [2.24, 2.45) is 16.6 Å². The summed E-state index contributed by atoms with van der Waals surface area (Å²) in [6.45, 7) is 13.1. The fraction of sp³-hybridized carbons (Fsp3) is 1.00. The molecule has 2 heteroatoms. The van der Waals surface area contributed by atoms with Gasteiger partial charge in [0.2, 0.25) is 0 Å². The van der Waals surface area contributed by atoms with Gasteiger partial charge in [0, 0.05) is 12.1 Å². The largest absolute Gasteiger partial charge is 0.329 e. The highest BCUT2D eigenvalue weighted by Crippen LogP contribution is 2.52. The monoisotopic (exact) mass is 252 g/mol. The minimum atomic E-state index is 0.270. The number of nitrogens with zero attached hydrogens (tertiary/aromatic N) is 1. The van der Waals surface area contributed by atoms with E-state index in [0.29, 0.717) is 10.8 Å². The van der Waals surface area contributed by atoms with Crippen LogP contribution in [0.4, 0.5) is 0 Å². The van der Waals surface area contributed by atoms with E-state index < -0.39 is 0 Å². The van der Waals surface area contributed by atoms with Gasteiger partial charge in [-0.3, -0.25) is 4.90 Å². The van der Waals surface area contributed by atoms with Gasteiger partial charge in [0.1, 0.15) is 0 Å². The van der Waals surface area contributed by atoms with Gasteiger partial charge in [0.25, 0.3) is 0 Å². The average molecular weight is 252 g/mol. The van der Waals surface area contributed by atoms with Crippen molar-refractivity contribution in [1.29, 1.82) is 0 Å². The van der Waals surface area contributed by atoms with Crippen molar-refractivity contribution in [1.82, 2.24) is 4.90 Å². The fourth-order valence-electron chi connectivity index (χ4n) is 5.13. The lowest BCUT2D eigenvalue weighted by Crippen LogP contribution is -2.61. The van der Waals surface area contributed by atoms with Crippen LogP contribution in [0, 0.1) is 10.8 Å². The van der Waals surface area contributed by atoms with Crippen molar-refractivity contribution in [2.45, 2.75) is 71.8 Å². The van der Waals surface area contributed by atoms with Crippen molar-refractivity contribution < 1.29 is 0 Å². The molecular weight excluding hydrogens is 220 g/mol. The first-order valence-corrected chi connectivity index (χ1v) is 7.74. The molecule has 1 saturated carbocycles. The zero-order chi connectivity index (χ0) is 13.4. The molecule has 2 fully saturated rings. The molecule has 1 heterocycles. The summed E-state index contributed by atoms with van der Waals surface area (Å²) in [4.78, 5) is 2.74. The summed E-state index contributed by atoms with van der Waals surface area (Å²) in [5, 5.41) is 0. The maximum absolute atomic E-state index is 6.27. The molecule has 0 radical (unpaired) electrons. The molecule has 0 aromatic rings. The van der Waals surface area contributed by atoms with E-state index >= 15 is 0 Å².